The third-order valence-electron chi connectivity index (χ3n) is 3.62. The van der Waals surface area contributed by atoms with Crippen LogP contribution in [0.15, 0.2) is 42.5 Å². The molecule has 5 nitrogen and oxygen atoms in total. The molecule has 0 aliphatic heterocycles. The number of aromatic hydroxyl groups is 2. The Morgan fingerprint density at radius 1 is 0.909 bits per heavy atom. The maximum Gasteiger partial charge on any atom is 0.128 e. The van der Waals surface area contributed by atoms with E-state index in [9.17, 15) is 10.2 Å². The first-order chi connectivity index (χ1) is 10.6. The highest BCUT2D eigenvalue weighted by Gasteiger charge is 2.19. The van der Waals surface area contributed by atoms with E-state index >= 15 is 0 Å². The molecular weight excluding hydrogens is 278 g/mol. The van der Waals surface area contributed by atoms with Crippen molar-refractivity contribution in [2.45, 2.75) is 19.8 Å². The fourth-order valence-electron chi connectivity index (χ4n) is 2.46. The standard InChI is InChI=1S/C17H17N3O2/c1-10(2)12-8-13(15(22)9-14(12)21)17-16(18-20-19-17)11-6-4-3-5-7-11/h3-10,21-22H,1-2H3,(H,18,19,20). The summed E-state index contributed by atoms with van der Waals surface area (Å²) >= 11 is 0. The van der Waals surface area contributed by atoms with Gasteiger partial charge in [-0.15, -0.1) is 0 Å². The van der Waals surface area contributed by atoms with Crippen molar-refractivity contribution >= 4 is 0 Å². The summed E-state index contributed by atoms with van der Waals surface area (Å²) in [6, 6.07) is 12.8. The van der Waals surface area contributed by atoms with Crippen molar-refractivity contribution < 1.29 is 10.2 Å². The van der Waals surface area contributed by atoms with E-state index in [-0.39, 0.29) is 17.4 Å². The van der Waals surface area contributed by atoms with Gasteiger partial charge in [0.1, 0.15) is 22.9 Å². The first-order valence-electron chi connectivity index (χ1n) is 7.10. The molecule has 3 N–H and O–H groups in total. The number of aromatic amines is 1. The molecule has 0 bridgehead atoms. The topological polar surface area (TPSA) is 82.0 Å². The summed E-state index contributed by atoms with van der Waals surface area (Å²) in [5.74, 6) is 0.195. The molecule has 1 aromatic heterocycles. The summed E-state index contributed by atoms with van der Waals surface area (Å²) in [5, 5.41) is 31.1. The molecule has 3 aromatic rings. The van der Waals surface area contributed by atoms with E-state index in [0.29, 0.717) is 17.0 Å². The summed E-state index contributed by atoms with van der Waals surface area (Å²) in [7, 11) is 0. The summed E-state index contributed by atoms with van der Waals surface area (Å²) in [6.45, 7) is 3.97. The highest BCUT2D eigenvalue weighted by atomic mass is 16.3. The van der Waals surface area contributed by atoms with Gasteiger partial charge in [-0.1, -0.05) is 44.2 Å². The number of phenols is 2. The fraction of sp³-hybridized carbons (Fsp3) is 0.176. The number of rotatable bonds is 3. The molecule has 0 aliphatic rings. The Hall–Kier alpha value is -2.82. The molecule has 22 heavy (non-hydrogen) atoms. The number of phenolic OH excluding ortho intramolecular Hbond substituents is 2. The molecule has 3 rings (SSSR count). The predicted molar refractivity (Wildman–Crippen MR) is 84.7 cm³/mol. The molecule has 112 valence electrons. The Morgan fingerprint density at radius 3 is 2.27 bits per heavy atom. The first kappa shape index (κ1) is 14.1. The second kappa shape index (κ2) is 5.52. The lowest BCUT2D eigenvalue weighted by Crippen LogP contribution is -1.92. The van der Waals surface area contributed by atoms with Gasteiger partial charge in [-0.05, 0) is 17.5 Å². The van der Waals surface area contributed by atoms with Crippen LogP contribution in [-0.2, 0) is 0 Å². The average molecular weight is 295 g/mol. The van der Waals surface area contributed by atoms with Crippen LogP contribution in [0.4, 0.5) is 0 Å². The third kappa shape index (κ3) is 2.41. The Balaban J connectivity index is 2.18. The zero-order valence-electron chi connectivity index (χ0n) is 12.4. The fourth-order valence-corrected chi connectivity index (χ4v) is 2.46. The highest BCUT2D eigenvalue weighted by molar-refractivity contribution is 5.81. The quantitative estimate of drug-likeness (QED) is 0.688. The normalized spacial score (nSPS) is 11.0. The van der Waals surface area contributed by atoms with E-state index in [0.717, 1.165) is 11.1 Å². The van der Waals surface area contributed by atoms with Crippen molar-refractivity contribution in [1.82, 2.24) is 15.4 Å². The Labute approximate surface area is 128 Å². The first-order valence-corrected chi connectivity index (χ1v) is 7.10. The average Bonchev–Trinajstić information content (AvgIpc) is 2.97. The highest BCUT2D eigenvalue weighted by Crippen LogP contribution is 2.39. The third-order valence-corrected chi connectivity index (χ3v) is 3.62. The maximum atomic E-state index is 10.2. The molecule has 0 radical (unpaired) electrons. The van der Waals surface area contributed by atoms with E-state index in [1.807, 2.05) is 44.2 Å². The van der Waals surface area contributed by atoms with Crippen LogP contribution in [0, 0.1) is 0 Å². The van der Waals surface area contributed by atoms with Gasteiger partial charge in [0.25, 0.3) is 0 Å². The Bertz CT molecular complexity index is 795. The Morgan fingerprint density at radius 2 is 1.59 bits per heavy atom. The number of aromatic nitrogens is 3. The van der Waals surface area contributed by atoms with Crippen LogP contribution in [0.5, 0.6) is 11.5 Å². The van der Waals surface area contributed by atoms with Gasteiger partial charge >= 0.3 is 0 Å². The van der Waals surface area contributed by atoms with E-state index < -0.39 is 0 Å². The number of hydrogen-bond acceptors (Lipinski definition) is 4. The molecule has 0 spiro atoms. The number of H-pyrrole nitrogens is 1. The molecule has 0 amide bonds. The molecule has 2 aromatic carbocycles. The zero-order valence-corrected chi connectivity index (χ0v) is 12.4. The lowest BCUT2D eigenvalue weighted by molar-refractivity contribution is 0.445. The summed E-state index contributed by atoms with van der Waals surface area (Å²) in [4.78, 5) is 0. The maximum absolute atomic E-state index is 10.2. The largest absolute Gasteiger partial charge is 0.508 e. The van der Waals surface area contributed by atoms with Gasteiger partial charge in [0.15, 0.2) is 0 Å². The molecular formula is C17H17N3O2. The summed E-state index contributed by atoms with van der Waals surface area (Å²) in [5.41, 5.74) is 3.44. The molecule has 0 aliphatic carbocycles. The van der Waals surface area contributed by atoms with Crippen molar-refractivity contribution in [3.63, 3.8) is 0 Å². The van der Waals surface area contributed by atoms with Gasteiger partial charge in [0.2, 0.25) is 0 Å². The van der Waals surface area contributed by atoms with Crippen molar-refractivity contribution in [1.29, 1.82) is 0 Å². The minimum absolute atomic E-state index is 0.0204. The van der Waals surface area contributed by atoms with Crippen LogP contribution < -0.4 is 0 Å². The molecule has 0 saturated heterocycles. The second-order valence-corrected chi connectivity index (χ2v) is 5.47. The van der Waals surface area contributed by atoms with Gasteiger partial charge in [-0.3, -0.25) is 0 Å². The number of benzene rings is 2. The summed E-state index contributed by atoms with van der Waals surface area (Å²) < 4.78 is 0. The van der Waals surface area contributed by atoms with Crippen molar-refractivity contribution in [3.8, 4) is 34.0 Å². The van der Waals surface area contributed by atoms with Crippen molar-refractivity contribution in [2.75, 3.05) is 0 Å². The lowest BCUT2D eigenvalue weighted by atomic mass is 9.96. The van der Waals surface area contributed by atoms with Gasteiger partial charge in [-0.2, -0.15) is 15.4 Å². The van der Waals surface area contributed by atoms with Crippen molar-refractivity contribution in [2.24, 2.45) is 0 Å². The van der Waals surface area contributed by atoms with Crippen LogP contribution in [0.2, 0.25) is 0 Å². The van der Waals surface area contributed by atoms with Gasteiger partial charge in [0.05, 0.1) is 0 Å². The Kier molecular flexibility index (Phi) is 3.55. The SMILES string of the molecule is CC(C)c1cc(-c2n[nH]nc2-c2ccccc2)c(O)cc1O. The molecule has 0 saturated carbocycles. The monoisotopic (exact) mass is 295 g/mol. The van der Waals surface area contributed by atoms with Gasteiger partial charge < -0.3 is 10.2 Å². The summed E-state index contributed by atoms with van der Waals surface area (Å²) in [6.07, 6.45) is 0. The predicted octanol–water partition coefficient (Wildman–Crippen LogP) is 3.67. The van der Waals surface area contributed by atoms with E-state index in [4.69, 9.17) is 0 Å². The number of nitrogens with one attached hydrogen (secondary N) is 1. The van der Waals surface area contributed by atoms with E-state index in [1.54, 1.807) is 6.07 Å². The zero-order chi connectivity index (χ0) is 15.7. The van der Waals surface area contributed by atoms with Crippen LogP contribution in [-0.4, -0.2) is 25.6 Å². The van der Waals surface area contributed by atoms with Crippen LogP contribution in [0.25, 0.3) is 22.5 Å². The van der Waals surface area contributed by atoms with E-state index in [1.165, 1.54) is 6.07 Å². The lowest BCUT2D eigenvalue weighted by Gasteiger charge is -2.12. The number of hydrogen-bond donors (Lipinski definition) is 3. The van der Waals surface area contributed by atoms with Gasteiger partial charge in [0, 0.05) is 17.2 Å². The minimum atomic E-state index is -0.0204. The molecule has 0 atom stereocenters. The molecule has 0 unspecified atom stereocenters. The van der Waals surface area contributed by atoms with Crippen LogP contribution >= 0.6 is 0 Å². The van der Waals surface area contributed by atoms with Crippen molar-refractivity contribution in [3.05, 3.63) is 48.0 Å². The van der Waals surface area contributed by atoms with Crippen LogP contribution in [0.3, 0.4) is 0 Å². The minimum Gasteiger partial charge on any atom is -0.508 e. The second-order valence-electron chi connectivity index (χ2n) is 5.47. The molecule has 1 heterocycles. The smallest absolute Gasteiger partial charge is 0.128 e. The van der Waals surface area contributed by atoms with Gasteiger partial charge in [-0.25, -0.2) is 0 Å². The van der Waals surface area contributed by atoms with E-state index in [2.05, 4.69) is 15.4 Å². The number of nitrogens with zero attached hydrogens (tertiary/aromatic N) is 2. The molecule has 0 fully saturated rings. The van der Waals surface area contributed by atoms with Crippen LogP contribution in [0.1, 0.15) is 25.3 Å². The molecule has 5 heteroatoms.